The molecule has 32 heavy (non-hydrogen) atoms. The van der Waals surface area contributed by atoms with Gasteiger partial charge in [-0.25, -0.2) is 0 Å². The van der Waals surface area contributed by atoms with E-state index in [0.29, 0.717) is 17.2 Å². The van der Waals surface area contributed by atoms with Gasteiger partial charge in [-0.05, 0) is 60.4 Å². The average Bonchev–Trinajstić information content (AvgIpc) is 2.84. The highest BCUT2D eigenvalue weighted by Crippen LogP contribution is 2.42. The van der Waals surface area contributed by atoms with E-state index in [0.717, 1.165) is 47.3 Å². The quantitative estimate of drug-likeness (QED) is 0.519. The SMILES string of the molecule is COc1cc(-c2cncc(-c3ccc(C4=CCN(C)CC4)cc3)c2C)cc(OC)c1OC. The molecule has 0 bridgehead atoms. The molecule has 5 nitrogen and oxygen atoms in total. The van der Waals surface area contributed by atoms with Crippen LogP contribution in [0, 0.1) is 6.92 Å². The highest BCUT2D eigenvalue weighted by Gasteiger charge is 2.17. The molecule has 0 fully saturated rings. The van der Waals surface area contributed by atoms with Crippen molar-refractivity contribution in [2.45, 2.75) is 13.3 Å². The number of hydrogen-bond acceptors (Lipinski definition) is 5. The van der Waals surface area contributed by atoms with E-state index < -0.39 is 0 Å². The molecule has 2 heterocycles. The Balaban J connectivity index is 1.71. The zero-order valence-corrected chi connectivity index (χ0v) is 19.4. The predicted octanol–water partition coefficient (Wildman–Crippen LogP) is 5.47. The van der Waals surface area contributed by atoms with Crippen LogP contribution in [-0.2, 0) is 0 Å². The molecule has 5 heteroatoms. The number of hydrogen-bond donors (Lipinski definition) is 0. The van der Waals surface area contributed by atoms with E-state index in [1.54, 1.807) is 21.3 Å². The minimum Gasteiger partial charge on any atom is -0.493 e. The van der Waals surface area contributed by atoms with Crippen LogP contribution in [0.25, 0.3) is 27.8 Å². The van der Waals surface area contributed by atoms with Gasteiger partial charge in [0.25, 0.3) is 0 Å². The molecule has 0 radical (unpaired) electrons. The molecule has 0 amide bonds. The van der Waals surface area contributed by atoms with E-state index in [2.05, 4.69) is 54.2 Å². The summed E-state index contributed by atoms with van der Waals surface area (Å²) in [7, 11) is 7.03. The van der Waals surface area contributed by atoms with E-state index in [-0.39, 0.29) is 0 Å². The maximum Gasteiger partial charge on any atom is 0.203 e. The largest absolute Gasteiger partial charge is 0.493 e. The second-order valence-corrected chi connectivity index (χ2v) is 8.09. The number of methoxy groups -OCH3 is 3. The number of benzene rings is 2. The maximum atomic E-state index is 5.54. The Morgan fingerprint density at radius 1 is 0.812 bits per heavy atom. The number of rotatable bonds is 6. The summed E-state index contributed by atoms with van der Waals surface area (Å²) in [5.74, 6) is 1.84. The van der Waals surface area contributed by atoms with E-state index in [9.17, 15) is 0 Å². The first kappa shape index (κ1) is 21.9. The topological polar surface area (TPSA) is 43.8 Å². The van der Waals surface area contributed by atoms with Crippen molar-refractivity contribution < 1.29 is 14.2 Å². The molecule has 0 N–H and O–H groups in total. The van der Waals surface area contributed by atoms with Gasteiger partial charge in [0.05, 0.1) is 21.3 Å². The number of nitrogens with zero attached hydrogens (tertiary/aromatic N) is 2. The molecule has 1 aliphatic heterocycles. The van der Waals surface area contributed by atoms with Gasteiger partial charge >= 0.3 is 0 Å². The Labute approximate surface area is 190 Å². The summed E-state index contributed by atoms with van der Waals surface area (Å²) in [5.41, 5.74) is 8.15. The number of ether oxygens (including phenoxy) is 3. The van der Waals surface area contributed by atoms with Crippen LogP contribution >= 0.6 is 0 Å². The molecule has 4 rings (SSSR count). The molecule has 166 valence electrons. The summed E-state index contributed by atoms with van der Waals surface area (Å²) >= 11 is 0. The minimum absolute atomic E-state index is 0.583. The zero-order valence-electron chi connectivity index (χ0n) is 19.4. The fourth-order valence-corrected chi connectivity index (χ4v) is 4.24. The van der Waals surface area contributed by atoms with Crippen molar-refractivity contribution in [1.82, 2.24) is 9.88 Å². The lowest BCUT2D eigenvalue weighted by Crippen LogP contribution is -2.23. The van der Waals surface area contributed by atoms with E-state index in [4.69, 9.17) is 14.2 Å². The number of likely N-dealkylation sites (N-methyl/N-ethyl adjacent to an activating group) is 1. The Bertz CT molecular complexity index is 1110. The van der Waals surface area contributed by atoms with Crippen LogP contribution in [0.3, 0.4) is 0 Å². The lowest BCUT2D eigenvalue weighted by molar-refractivity contribution is 0.324. The second-order valence-electron chi connectivity index (χ2n) is 8.09. The monoisotopic (exact) mass is 430 g/mol. The van der Waals surface area contributed by atoms with Crippen molar-refractivity contribution in [3.63, 3.8) is 0 Å². The summed E-state index contributed by atoms with van der Waals surface area (Å²) in [5, 5.41) is 0. The smallest absolute Gasteiger partial charge is 0.203 e. The third-order valence-electron chi connectivity index (χ3n) is 6.17. The van der Waals surface area contributed by atoms with Crippen molar-refractivity contribution in [1.29, 1.82) is 0 Å². The third-order valence-corrected chi connectivity index (χ3v) is 6.17. The van der Waals surface area contributed by atoms with Gasteiger partial charge in [0, 0.05) is 36.6 Å². The van der Waals surface area contributed by atoms with Crippen molar-refractivity contribution in [3.8, 4) is 39.5 Å². The Kier molecular flexibility index (Phi) is 6.47. The van der Waals surface area contributed by atoms with Crippen LogP contribution in [0.4, 0.5) is 0 Å². The van der Waals surface area contributed by atoms with E-state index in [1.807, 2.05) is 24.5 Å². The van der Waals surface area contributed by atoms with Crippen molar-refractivity contribution in [2.75, 3.05) is 41.5 Å². The molecule has 3 aromatic rings. The molecule has 0 saturated carbocycles. The standard InChI is InChI=1S/C27H30N2O3/c1-18-23(21-8-6-19(7-9-21)20-10-12-29(2)13-11-20)16-28-17-24(18)22-14-25(30-3)27(32-5)26(15-22)31-4/h6-10,14-17H,11-13H2,1-5H3. The first-order valence-corrected chi connectivity index (χ1v) is 10.8. The molecular weight excluding hydrogens is 400 g/mol. The first-order chi connectivity index (χ1) is 15.5. The molecule has 0 atom stereocenters. The highest BCUT2D eigenvalue weighted by atomic mass is 16.5. The van der Waals surface area contributed by atoms with Crippen LogP contribution in [0.1, 0.15) is 17.5 Å². The van der Waals surface area contributed by atoms with Crippen molar-refractivity contribution in [3.05, 3.63) is 66.0 Å². The van der Waals surface area contributed by atoms with Crippen molar-refractivity contribution in [2.24, 2.45) is 0 Å². The van der Waals surface area contributed by atoms with Gasteiger partial charge < -0.3 is 19.1 Å². The Hall–Kier alpha value is -3.31. The molecule has 0 unspecified atom stereocenters. The van der Waals surface area contributed by atoms with Gasteiger partial charge in [-0.3, -0.25) is 4.98 Å². The maximum absolute atomic E-state index is 5.54. The zero-order chi connectivity index (χ0) is 22.7. The summed E-state index contributed by atoms with van der Waals surface area (Å²) in [6.45, 7) is 4.24. The predicted molar refractivity (Wildman–Crippen MR) is 130 cm³/mol. The van der Waals surface area contributed by atoms with Crippen LogP contribution in [0.2, 0.25) is 0 Å². The van der Waals surface area contributed by atoms with Crippen molar-refractivity contribution >= 4 is 5.57 Å². The lowest BCUT2D eigenvalue weighted by atomic mass is 9.93. The van der Waals surface area contributed by atoms with Gasteiger partial charge in [-0.15, -0.1) is 0 Å². The Morgan fingerprint density at radius 3 is 1.94 bits per heavy atom. The molecule has 1 aromatic heterocycles. The summed E-state index contributed by atoms with van der Waals surface area (Å²) in [4.78, 5) is 6.88. The fraction of sp³-hybridized carbons (Fsp3) is 0.296. The molecule has 0 aliphatic carbocycles. The average molecular weight is 431 g/mol. The third kappa shape index (κ3) is 4.21. The fourth-order valence-electron chi connectivity index (χ4n) is 4.24. The first-order valence-electron chi connectivity index (χ1n) is 10.8. The lowest BCUT2D eigenvalue weighted by Gasteiger charge is -2.22. The minimum atomic E-state index is 0.583. The molecule has 2 aromatic carbocycles. The molecular formula is C27H30N2O3. The van der Waals surface area contributed by atoms with E-state index >= 15 is 0 Å². The van der Waals surface area contributed by atoms with Crippen LogP contribution < -0.4 is 14.2 Å². The van der Waals surface area contributed by atoms with Gasteiger partial charge in [-0.2, -0.15) is 0 Å². The van der Waals surface area contributed by atoms with Crippen LogP contribution in [-0.4, -0.2) is 51.4 Å². The van der Waals surface area contributed by atoms with Gasteiger partial charge in [-0.1, -0.05) is 30.3 Å². The Morgan fingerprint density at radius 2 is 1.41 bits per heavy atom. The van der Waals surface area contributed by atoms with E-state index in [1.165, 1.54) is 11.1 Å². The summed E-state index contributed by atoms with van der Waals surface area (Å²) in [6, 6.07) is 12.8. The van der Waals surface area contributed by atoms with Gasteiger partial charge in [0.1, 0.15) is 0 Å². The molecule has 0 spiro atoms. The second kappa shape index (κ2) is 9.45. The van der Waals surface area contributed by atoms with Gasteiger partial charge in [0.15, 0.2) is 11.5 Å². The normalized spacial score (nSPS) is 14.1. The van der Waals surface area contributed by atoms with Gasteiger partial charge in [0.2, 0.25) is 5.75 Å². The van der Waals surface area contributed by atoms with Crippen LogP contribution in [0.15, 0.2) is 54.9 Å². The highest BCUT2D eigenvalue weighted by molar-refractivity contribution is 5.80. The van der Waals surface area contributed by atoms with Crippen LogP contribution in [0.5, 0.6) is 17.2 Å². The molecule has 1 aliphatic rings. The molecule has 0 saturated heterocycles. The number of aromatic nitrogens is 1. The summed E-state index contributed by atoms with van der Waals surface area (Å²) in [6.07, 6.45) is 7.24. The number of pyridine rings is 1. The summed E-state index contributed by atoms with van der Waals surface area (Å²) < 4.78 is 16.5.